The average Bonchev–Trinajstić information content (AvgIpc) is 3.13. The number of hydrogen-bond donors (Lipinski definition) is 1. The Bertz CT molecular complexity index is 1700. The summed E-state index contributed by atoms with van der Waals surface area (Å²) in [4.78, 5) is 46.4. The molecule has 1 N–H and O–H groups in total. The number of ether oxygens (including phenoxy) is 3. The van der Waals surface area contributed by atoms with Crippen molar-refractivity contribution in [1.82, 2.24) is 19.8 Å². The molecule has 3 amide bonds. The van der Waals surface area contributed by atoms with Gasteiger partial charge in [-0.1, -0.05) is 29.3 Å². The highest BCUT2D eigenvalue weighted by Crippen LogP contribution is 2.48. The highest BCUT2D eigenvalue weighted by Gasteiger charge is 2.41. The number of benzene rings is 2. The Morgan fingerprint density at radius 1 is 1.04 bits per heavy atom. The van der Waals surface area contributed by atoms with E-state index in [1.807, 2.05) is 42.1 Å². The number of aromatic nitrogens is 2. The van der Waals surface area contributed by atoms with E-state index in [1.165, 1.54) is 19.1 Å². The van der Waals surface area contributed by atoms with Crippen molar-refractivity contribution in [3.63, 3.8) is 0 Å². The van der Waals surface area contributed by atoms with Gasteiger partial charge in [0.25, 0.3) is 0 Å². The lowest BCUT2D eigenvalue weighted by Gasteiger charge is -2.43. The first kappa shape index (κ1) is 35.5. The second-order valence-corrected chi connectivity index (χ2v) is 13.3. The summed E-state index contributed by atoms with van der Waals surface area (Å²) in [7, 11) is 6.88. The lowest BCUT2D eigenvalue weighted by Crippen LogP contribution is -2.55. The van der Waals surface area contributed by atoms with E-state index in [9.17, 15) is 9.59 Å². The molecule has 2 saturated heterocycles. The zero-order valence-electron chi connectivity index (χ0n) is 28.7. The monoisotopic (exact) mass is 724 g/mol. The zero-order valence-corrected chi connectivity index (χ0v) is 30.2. The molecule has 1 aromatic heterocycles. The number of urea groups is 1. The molecule has 3 aliphatic rings. The van der Waals surface area contributed by atoms with Crippen LogP contribution in [0.2, 0.25) is 10.0 Å². The van der Waals surface area contributed by atoms with Gasteiger partial charge in [-0.15, -0.1) is 0 Å². The van der Waals surface area contributed by atoms with Crippen LogP contribution in [0.3, 0.4) is 0 Å². The van der Waals surface area contributed by atoms with E-state index >= 15 is 0 Å². The number of hydrogen-bond acceptors (Lipinski definition) is 10. The Hall–Kier alpha value is -4.30. The molecule has 0 atom stereocenters. The van der Waals surface area contributed by atoms with Crippen molar-refractivity contribution in [2.45, 2.75) is 25.4 Å². The fraction of sp³-hybridized carbons (Fsp3) is 0.429. The number of carbonyl (C=O) groups excluding carboxylic acids is 2. The van der Waals surface area contributed by atoms with E-state index < -0.39 is 0 Å². The molecule has 2 fully saturated rings. The van der Waals surface area contributed by atoms with E-state index in [-0.39, 0.29) is 40.3 Å². The van der Waals surface area contributed by atoms with Gasteiger partial charge in [0.05, 0.1) is 39.7 Å². The summed E-state index contributed by atoms with van der Waals surface area (Å²) in [5, 5.41) is 3.67. The first-order chi connectivity index (χ1) is 24.2. The summed E-state index contributed by atoms with van der Waals surface area (Å²) >= 11 is 13.6. The Morgan fingerprint density at radius 2 is 1.70 bits per heavy atom. The molecular formula is C35H42Cl2N8O5. The minimum absolute atomic E-state index is 0.0483. The van der Waals surface area contributed by atoms with E-state index in [2.05, 4.69) is 27.3 Å². The van der Waals surface area contributed by atoms with Crippen LogP contribution in [0.25, 0.3) is 0 Å². The Balaban J connectivity index is 1.30. The molecule has 4 heterocycles. The highest BCUT2D eigenvalue weighted by molar-refractivity contribution is 6.42. The fourth-order valence-corrected chi connectivity index (χ4v) is 7.08. The van der Waals surface area contributed by atoms with Crippen molar-refractivity contribution in [3.05, 3.63) is 64.3 Å². The van der Waals surface area contributed by atoms with Gasteiger partial charge in [0, 0.05) is 74.0 Å². The number of nitrogens with one attached hydrogen (secondary N) is 1. The van der Waals surface area contributed by atoms with Crippen LogP contribution in [0, 0.1) is 0 Å². The molecule has 13 nitrogen and oxygen atoms in total. The maximum Gasteiger partial charge on any atom is 0.330 e. The molecule has 6 rings (SSSR count). The molecule has 0 aliphatic carbocycles. The van der Waals surface area contributed by atoms with Crippen LogP contribution in [0.5, 0.6) is 11.5 Å². The Morgan fingerprint density at radius 3 is 2.32 bits per heavy atom. The molecule has 0 bridgehead atoms. The third kappa shape index (κ3) is 7.55. The summed E-state index contributed by atoms with van der Waals surface area (Å²) in [6.45, 7) is 4.87. The van der Waals surface area contributed by atoms with E-state index in [4.69, 9.17) is 42.4 Å². The Labute approximate surface area is 302 Å². The number of carbonyl (C=O) groups is 2. The second kappa shape index (κ2) is 15.7. The van der Waals surface area contributed by atoms with Crippen LogP contribution >= 0.6 is 23.2 Å². The standard InChI is InChI=1S/C35H42Cl2N8O5/c1-41(2)13-5-6-29(46)43-14-11-26(12-15-43)45-33-23(22-44(35(45)47)32-30(36)27(48-3)20-28(49-4)31(32)37)21-38-34(40-33)39-24-7-9-25(10-8-24)42-16-18-50-19-17-42/h5-10,20-21,26H,11-19,22H2,1-4H3,(H,38,39,40). The maximum absolute atomic E-state index is 14.6. The van der Waals surface area contributed by atoms with Crippen LogP contribution in [0.4, 0.5) is 33.6 Å². The van der Waals surface area contributed by atoms with Gasteiger partial charge in [-0.3, -0.25) is 14.6 Å². The molecule has 3 aromatic rings. The van der Waals surface area contributed by atoms with Gasteiger partial charge in [-0.2, -0.15) is 4.98 Å². The number of methoxy groups -OCH3 is 2. The molecule has 266 valence electrons. The number of amides is 3. The van der Waals surface area contributed by atoms with Crippen molar-refractivity contribution in [2.75, 3.05) is 94.3 Å². The molecule has 15 heteroatoms. The van der Waals surface area contributed by atoms with Crippen molar-refractivity contribution in [1.29, 1.82) is 0 Å². The molecule has 0 radical (unpaired) electrons. The quantitative estimate of drug-likeness (QED) is 0.271. The molecule has 50 heavy (non-hydrogen) atoms. The summed E-state index contributed by atoms with van der Waals surface area (Å²) in [6.07, 6.45) is 6.28. The highest BCUT2D eigenvalue weighted by atomic mass is 35.5. The van der Waals surface area contributed by atoms with Crippen molar-refractivity contribution >= 4 is 64.0 Å². The topological polar surface area (TPSA) is 116 Å². The largest absolute Gasteiger partial charge is 0.495 e. The van der Waals surface area contributed by atoms with Crippen molar-refractivity contribution < 1.29 is 23.8 Å². The van der Waals surface area contributed by atoms with Crippen LogP contribution < -0.4 is 29.5 Å². The van der Waals surface area contributed by atoms with Crippen LogP contribution in [0.15, 0.2) is 48.7 Å². The number of anilines is 5. The van der Waals surface area contributed by atoms with Gasteiger partial charge in [0.1, 0.15) is 27.4 Å². The van der Waals surface area contributed by atoms with Gasteiger partial charge in [-0.25, -0.2) is 9.78 Å². The van der Waals surface area contributed by atoms with E-state index in [0.29, 0.717) is 74.5 Å². The number of fused-ring (bicyclic) bond motifs is 1. The lowest BCUT2D eigenvalue weighted by molar-refractivity contribution is -0.127. The van der Waals surface area contributed by atoms with Gasteiger partial charge in [0.2, 0.25) is 11.9 Å². The van der Waals surface area contributed by atoms with E-state index in [0.717, 1.165) is 24.5 Å². The number of nitrogens with zero attached hydrogens (tertiary/aromatic N) is 7. The molecule has 2 aromatic carbocycles. The minimum Gasteiger partial charge on any atom is -0.495 e. The number of likely N-dealkylation sites (tertiary alicyclic amines) is 1. The zero-order chi connectivity index (χ0) is 35.4. The normalized spacial score (nSPS) is 17.1. The number of piperidine rings is 1. The van der Waals surface area contributed by atoms with Crippen molar-refractivity contribution in [2.24, 2.45) is 0 Å². The predicted octanol–water partition coefficient (Wildman–Crippen LogP) is 5.44. The minimum atomic E-state index is -0.355. The van der Waals surface area contributed by atoms with Crippen LogP contribution in [-0.4, -0.2) is 112 Å². The van der Waals surface area contributed by atoms with Gasteiger partial charge in [-0.05, 0) is 51.2 Å². The number of likely N-dealkylation sites (N-methyl/N-ethyl adjacent to an activating group) is 1. The number of morpholine rings is 1. The predicted molar refractivity (Wildman–Crippen MR) is 196 cm³/mol. The molecular weight excluding hydrogens is 683 g/mol. The fourth-order valence-electron chi connectivity index (χ4n) is 6.37. The SMILES string of the molecule is COc1cc(OC)c(Cl)c(N2Cc3cnc(Nc4ccc(N5CCOCC5)cc4)nc3N(C3CCN(C(=O)C=CCN(C)C)CC3)C2=O)c1Cl. The molecule has 0 unspecified atom stereocenters. The smallest absolute Gasteiger partial charge is 0.330 e. The molecule has 3 aliphatic heterocycles. The van der Waals surface area contributed by atoms with Gasteiger partial charge in [0.15, 0.2) is 0 Å². The molecule has 0 saturated carbocycles. The van der Waals surface area contributed by atoms with Gasteiger partial charge >= 0.3 is 6.03 Å². The maximum atomic E-state index is 14.6. The van der Waals surface area contributed by atoms with Crippen LogP contribution in [-0.2, 0) is 16.1 Å². The number of halogens is 2. The van der Waals surface area contributed by atoms with Crippen molar-refractivity contribution in [3.8, 4) is 11.5 Å². The average molecular weight is 726 g/mol. The third-order valence-electron chi connectivity index (χ3n) is 9.03. The summed E-state index contributed by atoms with van der Waals surface area (Å²) in [5.74, 6) is 1.43. The van der Waals surface area contributed by atoms with Gasteiger partial charge < -0.3 is 34.2 Å². The first-order valence-corrected chi connectivity index (χ1v) is 17.3. The first-order valence-electron chi connectivity index (χ1n) is 16.5. The number of rotatable bonds is 10. The molecule has 0 spiro atoms. The summed E-state index contributed by atoms with van der Waals surface area (Å²) in [5.41, 5.74) is 2.91. The second-order valence-electron chi connectivity index (χ2n) is 12.5. The summed E-state index contributed by atoms with van der Waals surface area (Å²) < 4.78 is 16.5. The Kier molecular flexibility index (Phi) is 11.2. The summed E-state index contributed by atoms with van der Waals surface area (Å²) in [6, 6.07) is 9.05. The lowest BCUT2D eigenvalue weighted by atomic mass is 10.0. The van der Waals surface area contributed by atoms with E-state index in [1.54, 1.807) is 23.2 Å². The van der Waals surface area contributed by atoms with Crippen LogP contribution in [0.1, 0.15) is 18.4 Å². The third-order valence-corrected chi connectivity index (χ3v) is 9.76.